The van der Waals surface area contributed by atoms with Gasteiger partial charge in [0.05, 0.1) is 13.3 Å². The number of hydrogen-bond donors (Lipinski definition) is 2. The van der Waals surface area contributed by atoms with E-state index in [0.29, 0.717) is 16.6 Å². The number of ether oxygens (including phenoxy) is 1. The monoisotopic (exact) mass is 432 g/mol. The lowest BCUT2D eigenvalue weighted by molar-refractivity contribution is -0.122. The zero-order valence-electron chi connectivity index (χ0n) is 16.7. The van der Waals surface area contributed by atoms with Gasteiger partial charge >= 0.3 is 0 Å². The number of carbonyl (C=O) groups excluding carboxylic acids is 2. The van der Waals surface area contributed by atoms with Crippen molar-refractivity contribution in [2.45, 2.75) is 11.7 Å². The van der Waals surface area contributed by atoms with Gasteiger partial charge in [-0.15, -0.1) is 5.10 Å². The highest BCUT2D eigenvalue weighted by Crippen LogP contribution is 2.24. The molecule has 2 N–H and O–H groups in total. The van der Waals surface area contributed by atoms with E-state index in [4.69, 9.17) is 4.74 Å². The molecule has 0 saturated carbocycles. The summed E-state index contributed by atoms with van der Waals surface area (Å²) in [5.74, 6) is 0.195. The van der Waals surface area contributed by atoms with Gasteiger partial charge < -0.3 is 15.4 Å². The van der Waals surface area contributed by atoms with Gasteiger partial charge in [0.2, 0.25) is 11.8 Å². The third-order valence-corrected chi connectivity index (χ3v) is 5.76. The van der Waals surface area contributed by atoms with Crippen molar-refractivity contribution in [1.82, 2.24) is 5.32 Å². The van der Waals surface area contributed by atoms with Gasteiger partial charge in [-0.05, 0) is 35.0 Å². The molecule has 3 aromatic rings. The van der Waals surface area contributed by atoms with Crippen LogP contribution in [0.4, 0.5) is 5.69 Å². The second kappa shape index (κ2) is 9.44. The van der Waals surface area contributed by atoms with E-state index in [1.807, 2.05) is 42.5 Å². The summed E-state index contributed by atoms with van der Waals surface area (Å²) in [6, 6.07) is 21.0. The minimum Gasteiger partial charge on any atom is -0.497 e. The number of fused-ring (bicyclic) bond motifs is 1. The molecule has 31 heavy (non-hydrogen) atoms. The molecule has 1 atom stereocenters. The molecule has 1 heterocycles. The van der Waals surface area contributed by atoms with Gasteiger partial charge in [-0.1, -0.05) is 54.2 Å². The molecule has 1 aliphatic rings. The molecule has 1 saturated heterocycles. The lowest BCUT2D eigenvalue weighted by atomic mass is 10.1. The van der Waals surface area contributed by atoms with Crippen LogP contribution in [0.2, 0.25) is 0 Å². The number of carbonyl (C=O) groups is 2. The summed E-state index contributed by atoms with van der Waals surface area (Å²) in [5.41, 5.74) is 1.58. The van der Waals surface area contributed by atoms with Crippen molar-refractivity contribution in [3.05, 3.63) is 72.3 Å². The summed E-state index contributed by atoms with van der Waals surface area (Å²) in [4.78, 5) is 24.5. The normalized spacial score (nSPS) is 17.3. The van der Waals surface area contributed by atoms with Crippen LogP contribution in [0.3, 0.4) is 0 Å². The lowest BCUT2D eigenvalue weighted by Gasteiger charge is -2.08. The number of anilines is 1. The Labute approximate surface area is 183 Å². The zero-order valence-corrected chi connectivity index (χ0v) is 17.6. The molecular weight excluding hydrogens is 412 g/mol. The van der Waals surface area contributed by atoms with Crippen molar-refractivity contribution < 1.29 is 14.3 Å². The maximum Gasteiger partial charge on any atom is 0.240 e. The van der Waals surface area contributed by atoms with Gasteiger partial charge in [0.15, 0.2) is 5.17 Å². The van der Waals surface area contributed by atoms with E-state index in [1.165, 1.54) is 11.8 Å². The Bertz CT molecular complexity index is 1170. The molecule has 3 aromatic carbocycles. The Morgan fingerprint density at radius 2 is 1.90 bits per heavy atom. The summed E-state index contributed by atoms with van der Waals surface area (Å²) in [6.07, 6.45) is 1.69. The minimum atomic E-state index is -0.551. The third kappa shape index (κ3) is 5.10. The van der Waals surface area contributed by atoms with Crippen LogP contribution in [0.5, 0.6) is 5.75 Å². The van der Waals surface area contributed by atoms with E-state index < -0.39 is 5.25 Å². The second-order valence-corrected chi connectivity index (χ2v) is 7.99. The number of methoxy groups -OCH3 is 1. The van der Waals surface area contributed by atoms with E-state index in [0.717, 1.165) is 16.3 Å². The Hall–Kier alpha value is -3.65. The number of hydrogen-bond acceptors (Lipinski definition) is 6. The minimum absolute atomic E-state index is 0.0363. The van der Waals surface area contributed by atoms with Crippen molar-refractivity contribution in [2.75, 3.05) is 12.4 Å². The van der Waals surface area contributed by atoms with Crippen molar-refractivity contribution in [3.63, 3.8) is 0 Å². The SMILES string of the molecule is COc1ccc(NC(=O)C[C@@H]2S/C(=N/N=C\c3cccc4ccccc34)NC2=O)cc1. The first-order chi connectivity index (χ1) is 15.1. The Balaban J connectivity index is 1.36. The fourth-order valence-electron chi connectivity index (χ4n) is 3.15. The second-order valence-electron chi connectivity index (χ2n) is 6.79. The Morgan fingerprint density at radius 3 is 2.71 bits per heavy atom. The smallest absolute Gasteiger partial charge is 0.240 e. The van der Waals surface area contributed by atoms with Crippen LogP contribution in [0, 0.1) is 0 Å². The maximum absolute atomic E-state index is 12.3. The predicted molar refractivity (Wildman–Crippen MR) is 125 cm³/mol. The van der Waals surface area contributed by atoms with Crippen LogP contribution in [-0.4, -0.2) is 35.6 Å². The fourth-order valence-corrected chi connectivity index (χ4v) is 4.07. The van der Waals surface area contributed by atoms with E-state index >= 15 is 0 Å². The van der Waals surface area contributed by atoms with Gasteiger partial charge in [0.25, 0.3) is 0 Å². The van der Waals surface area contributed by atoms with Crippen molar-refractivity contribution in [3.8, 4) is 5.75 Å². The van der Waals surface area contributed by atoms with Crippen LogP contribution in [0.15, 0.2) is 76.9 Å². The fraction of sp³-hybridized carbons (Fsp3) is 0.130. The number of benzene rings is 3. The van der Waals surface area contributed by atoms with Gasteiger partial charge in [-0.25, -0.2) is 0 Å². The van der Waals surface area contributed by atoms with Crippen molar-refractivity contribution in [1.29, 1.82) is 0 Å². The Kier molecular flexibility index (Phi) is 6.28. The molecule has 1 fully saturated rings. The number of nitrogens with one attached hydrogen (secondary N) is 2. The highest BCUT2D eigenvalue weighted by atomic mass is 32.2. The quantitative estimate of drug-likeness (QED) is 0.458. The molecule has 0 unspecified atom stereocenters. The number of nitrogens with zero attached hydrogens (tertiary/aromatic N) is 2. The summed E-state index contributed by atoms with van der Waals surface area (Å²) < 4.78 is 5.10. The molecule has 2 amide bonds. The van der Waals surface area contributed by atoms with E-state index in [2.05, 4.69) is 20.8 Å². The molecule has 1 aliphatic heterocycles. The molecule has 0 bridgehead atoms. The molecule has 7 nitrogen and oxygen atoms in total. The van der Waals surface area contributed by atoms with Crippen LogP contribution in [-0.2, 0) is 9.59 Å². The number of amidine groups is 1. The highest BCUT2D eigenvalue weighted by Gasteiger charge is 2.32. The summed E-state index contributed by atoms with van der Waals surface area (Å²) in [5, 5.41) is 15.7. The average molecular weight is 433 g/mol. The summed E-state index contributed by atoms with van der Waals surface area (Å²) >= 11 is 1.20. The van der Waals surface area contributed by atoms with Gasteiger partial charge in [-0.3, -0.25) is 9.59 Å². The molecule has 8 heteroatoms. The topological polar surface area (TPSA) is 92.2 Å². The van der Waals surface area contributed by atoms with Crippen LogP contribution < -0.4 is 15.4 Å². The van der Waals surface area contributed by atoms with Gasteiger partial charge in [0.1, 0.15) is 11.0 Å². The third-order valence-electron chi connectivity index (χ3n) is 4.69. The molecule has 0 aliphatic carbocycles. The number of thioether (sulfide) groups is 1. The molecular formula is C23H20N4O3S. The molecule has 4 rings (SSSR count). The number of amides is 2. The summed E-state index contributed by atoms with van der Waals surface area (Å²) in [6.45, 7) is 0. The lowest BCUT2D eigenvalue weighted by Crippen LogP contribution is -2.28. The van der Waals surface area contributed by atoms with Gasteiger partial charge in [0, 0.05) is 17.7 Å². The average Bonchev–Trinajstić information content (AvgIpc) is 3.13. The van der Waals surface area contributed by atoms with E-state index in [1.54, 1.807) is 37.6 Å². The molecule has 156 valence electrons. The molecule has 0 spiro atoms. The first-order valence-corrected chi connectivity index (χ1v) is 10.5. The van der Waals surface area contributed by atoms with E-state index in [9.17, 15) is 9.59 Å². The van der Waals surface area contributed by atoms with E-state index in [-0.39, 0.29) is 18.2 Å². The van der Waals surface area contributed by atoms with Crippen LogP contribution >= 0.6 is 11.8 Å². The molecule has 0 radical (unpaired) electrons. The highest BCUT2D eigenvalue weighted by molar-refractivity contribution is 8.15. The van der Waals surface area contributed by atoms with Crippen molar-refractivity contribution in [2.24, 2.45) is 10.2 Å². The Morgan fingerprint density at radius 1 is 1.13 bits per heavy atom. The maximum atomic E-state index is 12.3. The standard InChI is InChI=1S/C23H20N4O3S/c1-30-18-11-9-17(10-12-18)25-21(28)13-20-22(29)26-23(31-20)27-24-14-16-7-4-6-15-5-2-3-8-19(15)16/h2-12,14,20H,13H2,1H3,(H,25,28)(H,26,27,29)/b24-14-/t20-/m0/s1. The van der Waals surface area contributed by atoms with Gasteiger partial charge in [-0.2, -0.15) is 5.10 Å². The van der Waals surface area contributed by atoms with Crippen LogP contribution in [0.25, 0.3) is 10.8 Å². The summed E-state index contributed by atoms with van der Waals surface area (Å²) in [7, 11) is 1.58. The first-order valence-electron chi connectivity index (χ1n) is 9.62. The van der Waals surface area contributed by atoms with Crippen LogP contribution in [0.1, 0.15) is 12.0 Å². The predicted octanol–water partition coefficient (Wildman–Crippen LogP) is 3.80. The number of rotatable bonds is 6. The van der Waals surface area contributed by atoms with Crippen molar-refractivity contribution >= 4 is 51.4 Å². The molecule has 0 aromatic heterocycles. The zero-order chi connectivity index (χ0) is 21.6. The first kappa shape index (κ1) is 20.6. The largest absolute Gasteiger partial charge is 0.497 e.